The van der Waals surface area contributed by atoms with Crippen molar-refractivity contribution >= 4 is 38.3 Å². The van der Waals surface area contributed by atoms with E-state index in [9.17, 15) is 13.2 Å². The fraction of sp³-hybridized carbons (Fsp3) is 0.652. The molecule has 0 unspecified atom stereocenters. The summed E-state index contributed by atoms with van der Waals surface area (Å²) in [5.74, 6) is 0.322. The Balaban J connectivity index is 1.17. The molecule has 0 bridgehead atoms. The zero-order valence-electron chi connectivity index (χ0n) is 18.6. The first-order valence-electron chi connectivity index (χ1n) is 11.5. The largest absolute Gasteiger partial charge is 0.356 e. The number of halogens is 1. The number of carbonyl (C=O) groups excluding carboxylic acids is 1. The number of benzene rings is 1. The van der Waals surface area contributed by atoms with E-state index in [1.54, 1.807) is 0 Å². The Morgan fingerprint density at radius 1 is 1.19 bits per heavy atom. The van der Waals surface area contributed by atoms with Crippen LogP contribution in [0.5, 0.6) is 0 Å². The maximum Gasteiger partial charge on any atom is 0.235 e. The molecule has 2 aliphatic rings. The van der Waals surface area contributed by atoms with Crippen molar-refractivity contribution in [3.05, 3.63) is 28.9 Å². The van der Waals surface area contributed by atoms with Gasteiger partial charge in [-0.25, -0.2) is 8.42 Å². The molecular formula is C23H32ClN3O4S. The summed E-state index contributed by atoms with van der Waals surface area (Å²) in [6.45, 7) is 3.25. The maximum absolute atomic E-state index is 11.8. The molecule has 1 aliphatic heterocycles. The molecule has 0 atom stereocenters. The minimum atomic E-state index is -3.27. The van der Waals surface area contributed by atoms with Gasteiger partial charge in [0, 0.05) is 34.7 Å². The molecular weight excluding hydrogens is 450 g/mol. The molecule has 2 aromatic rings. The molecule has 4 rings (SSSR count). The van der Waals surface area contributed by atoms with Gasteiger partial charge in [-0.05, 0) is 82.6 Å². The average Bonchev–Trinajstić information content (AvgIpc) is 3.15. The van der Waals surface area contributed by atoms with Crippen LogP contribution in [0.2, 0.25) is 5.02 Å². The zero-order chi connectivity index (χ0) is 22.7. The van der Waals surface area contributed by atoms with Crippen molar-refractivity contribution in [2.24, 2.45) is 5.92 Å². The SMILES string of the molecule is CS(=O)(=O)CC(=O)N[C@H]1CC[C@H](CCN2CCC(c3noc4cc(Cl)ccc34)CC2)CC1. The zero-order valence-corrected chi connectivity index (χ0v) is 20.1. The van der Waals surface area contributed by atoms with Crippen molar-refractivity contribution in [2.45, 2.75) is 56.9 Å². The number of hydrogen-bond acceptors (Lipinski definition) is 6. The van der Waals surface area contributed by atoms with Crippen molar-refractivity contribution in [1.82, 2.24) is 15.4 Å². The summed E-state index contributed by atoms with van der Waals surface area (Å²) in [7, 11) is -3.27. The lowest BCUT2D eigenvalue weighted by molar-refractivity contribution is -0.119. The highest BCUT2D eigenvalue weighted by atomic mass is 35.5. The second-order valence-electron chi connectivity index (χ2n) is 9.47. The number of likely N-dealkylation sites (tertiary alicyclic amines) is 1. The van der Waals surface area contributed by atoms with Gasteiger partial charge in [-0.15, -0.1) is 0 Å². The van der Waals surface area contributed by atoms with Gasteiger partial charge in [0.15, 0.2) is 15.4 Å². The number of hydrogen-bond donors (Lipinski definition) is 1. The summed E-state index contributed by atoms with van der Waals surface area (Å²) in [6, 6.07) is 5.85. The number of rotatable bonds is 7. The minimum absolute atomic E-state index is 0.114. The lowest BCUT2D eigenvalue weighted by Crippen LogP contribution is -2.41. The van der Waals surface area contributed by atoms with Crippen LogP contribution in [0.15, 0.2) is 22.7 Å². The van der Waals surface area contributed by atoms with E-state index in [2.05, 4.69) is 15.4 Å². The molecule has 9 heteroatoms. The number of amides is 1. The smallest absolute Gasteiger partial charge is 0.235 e. The molecule has 1 N–H and O–H groups in total. The van der Waals surface area contributed by atoms with Gasteiger partial charge in [0.05, 0.1) is 5.69 Å². The number of fused-ring (bicyclic) bond motifs is 1. The van der Waals surface area contributed by atoms with Crippen molar-refractivity contribution in [3.63, 3.8) is 0 Å². The quantitative estimate of drug-likeness (QED) is 0.647. The summed E-state index contributed by atoms with van der Waals surface area (Å²) >= 11 is 6.05. The Morgan fingerprint density at radius 3 is 2.59 bits per heavy atom. The maximum atomic E-state index is 11.8. The molecule has 176 valence electrons. The third-order valence-electron chi connectivity index (χ3n) is 6.89. The highest BCUT2D eigenvalue weighted by molar-refractivity contribution is 7.91. The van der Waals surface area contributed by atoms with Gasteiger partial charge in [-0.3, -0.25) is 4.79 Å². The number of nitrogens with one attached hydrogen (secondary N) is 1. The topological polar surface area (TPSA) is 92.5 Å². The summed E-state index contributed by atoms with van der Waals surface area (Å²) in [6.07, 6.45) is 8.50. The van der Waals surface area contributed by atoms with Crippen molar-refractivity contribution < 1.29 is 17.7 Å². The minimum Gasteiger partial charge on any atom is -0.356 e. The third-order valence-corrected chi connectivity index (χ3v) is 7.92. The second-order valence-corrected chi connectivity index (χ2v) is 12.0. The fourth-order valence-corrected chi connectivity index (χ4v) is 5.85. The van der Waals surface area contributed by atoms with Crippen molar-refractivity contribution in [3.8, 4) is 0 Å². The van der Waals surface area contributed by atoms with Crippen LogP contribution in [0.4, 0.5) is 0 Å². The van der Waals surface area contributed by atoms with Crippen LogP contribution in [-0.4, -0.2) is 62.1 Å². The van der Waals surface area contributed by atoms with Gasteiger partial charge >= 0.3 is 0 Å². The van der Waals surface area contributed by atoms with Gasteiger partial charge in [-0.1, -0.05) is 16.8 Å². The van der Waals surface area contributed by atoms with Gasteiger partial charge in [0.25, 0.3) is 0 Å². The molecule has 0 spiro atoms. The first-order chi connectivity index (χ1) is 15.3. The molecule has 7 nitrogen and oxygen atoms in total. The molecule has 1 amide bonds. The summed E-state index contributed by atoms with van der Waals surface area (Å²) in [5, 5.41) is 8.97. The average molecular weight is 482 g/mol. The van der Waals surface area contributed by atoms with Gasteiger partial charge < -0.3 is 14.7 Å². The number of sulfone groups is 1. The second kappa shape index (κ2) is 10.1. The molecule has 2 fully saturated rings. The van der Waals surface area contributed by atoms with Crippen LogP contribution in [0.3, 0.4) is 0 Å². The monoisotopic (exact) mass is 481 g/mol. The molecule has 1 saturated carbocycles. The van der Waals surface area contributed by atoms with E-state index in [0.717, 1.165) is 81.1 Å². The highest BCUT2D eigenvalue weighted by Crippen LogP contribution is 2.34. The van der Waals surface area contributed by atoms with Gasteiger partial charge in [-0.2, -0.15) is 0 Å². The van der Waals surface area contributed by atoms with Crippen LogP contribution in [0.25, 0.3) is 11.0 Å². The number of nitrogens with zero attached hydrogens (tertiary/aromatic N) is 2. The van der Waals surface area contributed by atoms with E-state index < -0.39 is 15.6 Å². The van der Waals surface area contributed by atoms with E-state index in [-0.39, 0.29) is 11.9 Å². The lowest BCUT2D eigenvalue weighted by atomic mass is 9.83. The molecule has 0 radical (unpaired) electrons. The Morgan fingerprint density at radius 2 is 1.91 bits per heavy atom. The predicted octanol–water partition coefficient (Wildman–Crippen LogP) is 3.77. The summed E-state index contributed by atoms with van der Waals surface area (Å²) in [5.41, 5.74) is 1.82. The van der Waals surface area contributed by atoms with Crippen LogP contribution < -0.4 is 5.32 Å². The van der Waals surface area contributed by atoms with Crippen molar-refractivity contribution in [1.29, 1.82) is 0 Å². The Hall–Kier alpha value is -1.64. The van der Waals surface area contributed by atoms with E-state index in [4.69, 9.17) is 16.1 Å². The first kappa shape index (κ1) is 23.5. The standard InChI is InChI=1S/C23H32ClN3O4S/c1-32(29,30)15-22(28)25-19-5-2-16(3-6-19)8-11-27-12-9-17(10-13-27)23-20-7-4-18(24)14-21(20)31-26-23/h4,7,14,16-17,19H,2-3,5-6,8-13,15H2,1H3,(H,25,28)/t16-,19-. The predicted molar refractivity (Wildman–Crippen MR) is 126 cm³/mol. The lowest BCUT2D eigenvalue weighted by Gasteiger charge is -2.34. The van der Waals surface area contributed by atoms with Crippen LogP contribution in [-0.2, 0) is 14.6 Å². The van der Waals surface area contributed by atoms with Gasteiger partial charge in [0.1, 0.15) is 5.75 Å². The molecule has 1 saturated heterocycles. The fourth-order valence-electron chi connectivity index (χ4n) is 5.12. The summed E-state index contributed by atoms with van der Waals surface area (Å²) in [4.78, 5) is 14.4. The molecule has 2 heterocycles. The van der Waals surface area contributed by atoms with E-state index in [1.165, 1.54) is 6.42 Å². The number of carbonyl (C=O) groups is 1. The Kier molecular flexibility index (Phi) is 7.42. The van der Waals surface area contributed by atoms with Crippen LogP contribution in [0.1, 0.15) is 56.6 Å². The molecule has 1 aliphatic carbocycles. The van der Waals surface area contributed by atoms with Crippen molar-refractivity contribution in [2.75, 3.05) is 31.6 Å². The van der Waals surface area contributed by atoms with E-state index >= 15 is 0 Å². The van der Waals surface area contributed by atoms with E-state index in [1.807, 2.05) is 18.2 Å². The Bertz CT molecular complexity index is 1040. The molecule has 1 aromatic carbocycles. The summed E-state index contributed by atoms with van der Waals surface area (Å²) < 4.78 is 28.0. The van der Waals surface area contributed by atoms with Crippen LogP contribution >= 0.6 is 11.6 Å². The molecule has 1 aromatic heterocycles. The normalized spacial score (nSPS) is 23.4. The first-order valence-corrected chi connectivity index (χ1v) is 13.9. The third kappa shape index (κ3) is 6.23. The number of aromatic nitrogens is 1. The number of piperidine rings is 1. The van der Waals surface area contributed by atoms with Crippen LogP contribution in [0, 0.1) is 5.92 Å². The van der Waals surface area contributed by atoms with E-state index in [0.29, 0.717) is 16.9 Å². The highest BCUT2D eigenvalue weighted by Gasteiger charge is 2.27. The molecule has 32 heavy (non-hydrogen) atoms. The van der Waals surface area contributed by atoms with Gasteiger partial charge in [0.2, 0.25) is 5.91 Å². The Labute approximate surface area is 194 Å².